The van der Waals surface area contributed by atoms with Gasteiger partial charge in [0.1, 0.15) is 6.04 Å². The molecule has 1 aliphatic rings. The van der Waals surface area contributed by atoms with Crippen LogP contribution < -0.4 is 5.32 Å². The Balaban J connectivity index is 2.02. The second-order valence-electron chi connectivity index (χ2n) is 4.02. The molecule has 0 spiro atoms. The van der Waals surface area contributed by atoms with E-state index in [4.69, 9.17) is 5.11 Å². The van der Waals surface area contributed by atoms with Crippen LogP contribution in [0.1, 0.15) is 24.0 Å². The Hall–Kier alpha value is -1.84. The maximum Gasteiger partial charge on any atom is 0.325 e. The van der Waals surface area contributed by atoms with Crippen molar-refractivity contribution < 1.29 is 14.7 Å². The van der Waals surface area contributed by atoms with Crippen LogP contribution >= 0.6 is 0 Å². The van der Waals surface area contributed by atoms with Gasteiger partial charge in [0.25, 0.3) is 0 Å². The van der Waals surface area contributed by atoms with Crippen LogP contribution in [0.25, 0.3) is 0 Å². The maximum absolute atomic E-state index is 11.7. The van der Waals surface area contributed by atoms with E-state index in [0.29, 0.717) is 6.42 Å². The van der Waals surface area contributed by atoms with E-state index >= 15 is 0 Å². The van der Waals surface area contributed by atoms with Crippen molar-refractivity contribution in [2.75, 3.05) is 0 Å². The topological polar surface area (TPSA) is 66.4 Å². The predicted octanol–water partition coefficient (Wildman–Crippen LogP) is 0.916. The Morgan fingerprint density at radius 3 is 2.75 bits per heavy atom. The highest BCUT2D eigenvalue weighted by molar-refractivity contribution is 5.90. The molecule has 0 radical (unpaired) electrons. The lowest BCUT2D eigenvalue weighted by Gasteiger charge is -2.29. The Morgan fingerprint density at radius 2 is 2.12 bits per heavy atom. The highest BCUT2D eigenvalue weighted by Gasteiger charge is 2.32. The average molecular weight is 219 g/mol. The van der Waals surface area contributed by atoms with Crippen molar-refractivity contribution in [2.45, 2.75) is 25.3 Å². The molecule has 0 fully saturated rings. The summed E-state index contributed by atoms with van der Waals surface area (Å²) in [7, 11) is 0. The van der Waals surface area contributed by atoms with Gasteiger partial charge in [-0.15, -0.1) is 0 Å². The highest BCUT2D eigenvalue weighted by atomic mass is 16.4. The summed E-state index contributed by atoms with van der Waals surface area (Å²) in [5.74, 6) is -1.40. The van der Waals surface area contributed by atoms with Gasteiger partial charge in [0.15, 0.2) is 0 Å². The second kappa shape index (κ2) is 3.96. The molecule has 2 N–H and O–H groups in total. The third-order valence-corrected chi connectivity index (χ3v) is 2.90. The number of aliphatic carboxylic acids is 1. The Kier molecular flexibility index (Phi) is 2.64. The van der Waals surface area contributed by atoms with Gasteiger partial charge in [-0.05, 0) is 24.5 Å². The largest absolute Gasteiger partial charge is 0.480 e. The number of hydrogen-bond acceptors (Lipinski definition) is 2. The molecule has 0 aromatic heterocycles. The smallest absolute Gasteiger partial charge is 0.325 e. The Labute approximate surface area is 93.3 Å². The third kappa shape index (κ3) is 1.78. The zero-order valence-electron chi connectivity index (χ0n) is 8.93. The minimum absolute atomic E-state index is 0.182. The summed E-state index contributed by atoms with van der Waals surface area (Å²) < 4.78 is 0. The second-order valence-corrected chi connectivity index (χ2v) is 4.02. The van der Waals surface area contributed by atoms with E-state index in [1.54, 1.807) is 0 Å². The summed E-state index contributed by atoms with van der Waals surface area (Å²) in [5, 5.41) is 11.2. The molecule has 1 unspecified atom stereocenters. The number of carbonyl (C=O) groups is 2. The summed E-state index contributed by atoms with van der Waals surface area (Å²) in [6, 6.07) is 6.89. The van der Waals surface area contributed by atoms with Crippen molar-refractivity contribution in [1.29, 1.82) is 0 Å². The number of fused-ring (bicyclic) bond motifs is 1. The van der Waals surface area contributed by atoms with Crippen LogP contribution in [0.2, 0.25) is 0 Å². The molecular weight excluding hydrogens is 206 g/mol. The molecule has 2 rings (SSSR count). The highest BCUT2D eigenvalue weighted by Crippen LogP contribution is 2.34. The molecule has 2 atom stereocenters. The SMILES string of the molecule is C[C@H](NC(=O)C1Cc2ccccc21)C(=O)O. The molecule has 1 aromatic rings. The first-order valence-electron chi connectivity index (χ1n) is 5.20. The van der Waals surface area contributed by atoms with Crippen LogP contribution in [0.4, 0.5) is 0 Å². The third-order valence-electron chi connectivity index (χ3n) is 2.90. The number of carboxylic acid groups (broad SMARTS) is 1. The molecule has 4 nitrogen and oxygen atoms in total. The molecule has 1 aliphatic carbocycles. The van der Waals surface area contributed by atoms with Crippen LogP contribution in [0.3, 0.4) is 0 Å². The predicted molar refractivity (Wildman–Crippen MR) is 58.1 cm³/mol. The summed E-state index contributed by atoms with van der Waals surface area (Å²) in [4.78, 5) is 22.3. The molecule has 0 saturated carbocycles. The van der Waals surface area contributed by atoms with Gasteiger partial charge in [-0.25, -0.2) is 0 Å². The molecule has 1 aromatic carbocycles. The van der Waals surface area contributed by atoms with E-state index in [-0.39, 0.29) is 11.8 Å². The fraction of sp³-hybridized carbons (Fsp3) is 0.333. The lowest BCUT2D eigenvalue weighted by Crippen LogP contribution is -2.43. The van der Waals surface area contributed by atoms with Gasteiger partial charge in [0.05, 0.1) is 5.92 Å². The van der Waals surface area contributed by atoms with Gasteiger partial charge in [-0.2, -0.15) is 0 Å². The summed E-state index contributed by atoms with van der Waals surface area (Å²) in [6.07, 6.45) is 0.703. The van der Waals surface area contributed by atoms with Crippen molar-refractivity contribution >= 4 is 11.9 Å². The van der Waals surface area contributed by atoms with Crippen LogP contribution in [0.5, 0.6) is 0 Å². The number of amides is 1. The van der Waals surface area contributed by atoms with E-state index in [0.717, 1.165) is 5.56 Å². The van der Waals surface area contributed by atoms with Crippen molar-refractivity contribution in [2.24, 2.45) is 0 Å². The summed E-state index contributed by atoms with van der Waals surface area (Å²) in [6.45, 7) is 1.46. The van der Waals surface area contributed by atoms with E-state index in [1.807, 2.05) is 24.3 Å². The summed E-state index contributed by atoms with van der Waals surface area (Å²) >= 11 is 0. The number of nitrogens with one attached hydrogen (secondary N) is 1. The first kappa shape index (κ1) is 10.7. The van der Waals surface area contributed by atoms with Crippen molar-refractivity contribution in [3.8, 4) is 0 Å². The van der Waals surface area contributed by atoms with Gasteiger partial charge in [-0.3, -0.25) is 9.59 Å². The lowest BCUT2D eigenvalue weighted by molar-refractivity contribution is -0.141. The Bertz CT molecular complexity index is 442. The molecule has 0 heterocycles. The zero-order valence-corrected chi connectivity index (χ0v) is 8.93. The monoisotopic (exact) mass is 219 g/mol. The van der Waals surface area contributed by atoms with Crippen LogP contribution in [-0.4, -0.2) is 23.0 Å². The fourth-order valence-electron chi connectivity index (χ4n) is 1.87. The first-order valence-corrected chi connectivity index (χ1v) is 5.20. The molecule has 0 bridgehead atoms. The molecule has 84 valence electrons. The molecule has 0 saturated heterocycles. The molecule has 1 amide bonds. The van der Waals surface area contributed by atoms with Crippen molar-refractivity contribution in [3.05, 3.63) is 35.4 Å². The minimum atomic E-state index is -1.01. The van der Waals surface area contributed by atoms with E-state index in [2.05, 4.69) is 5.32 Å². The normalized spacial score (nSPS) is 19.2. The fourth-order valence-corrected chi connectivity index (χ4v) is 1.87. The standard InChI is InChI=1S/C12H13NO3/c1-7(12(15)16)13-11(14)10-6-8-4-2-3-5-9(8)10/h2-5,7,10H,6H2,1H3,(H,13,14)(H,15,16)/t7-,10?/m0/s1. The van der Waals surface area contributed by atoms with E-state index in [9.17, 15) is 9.59 Å². The Morgan fingerprint density at radius 1 is 1.44 bits per heavy atom. The number of benzene rings is 1. The van der Waals surface area contributed by atoms with Gasteiger partial charge in [0.2, 0.25) is 5.91 Å². The van der Waals surface area contributed by atoms with Crippen LogP contribution in [0, 0.1) is 0 Å². The minimum Gasteiger partial charge on any atom is -0.480 e. The van der Waals surface area contributed by atoms with Gasteiger partial charge >= 0.3 is 5.97 Å². The number of hydrogen-bond donors (Lipinski definition) is 2. The van der Waals surface area contributed by atoms with E-state index in [1.165, 1.54) is 12.5 Å². The van der Waals surface area contributed by atoms with E-state index < -0.39 is 12.0 Å². The lowest BCUT2D eigenvalue weighted by atomic mass is 9.77. The first-order chi connectivity index (χ1) is 7.59. The zero-order chi connectivity index (χ0) is 11.7. The van der Waals surface area contributed by atoms with Gasteiger partial charge < -0.3 is 10.4 Å². The van der Waals surface area contributed by atoms with Crippen molar-refractivity contribution in [3.63, 3.8) is 0 Å². The molecular formula is C12H13NO3. The molecule has 4 heteroatoms. The number of carbonyl (C=O) groups excluding carboxylic acids is 1. The number of carboxylic acids is 1. The maximum atomic E-state index is 11.7. The van der Waals surface area contributed by atoms with Gasteiger partial charge in [-0.1, -0.05) is 24.3 Å². The van der Waals surface area contributed by atoms with Crippen LogP contribution in [0.15, 0.2) is 24.3 Å². The molecule has 0 aliphatic heterocycles. The van der Waals surface area contributed by atoms with Crippen LogP contribution in [-0.2, 0) is 16.0 Å². The number of rotatable bonds is 3. The summed E-state index contributed by atoms with van der Waals surface area (Å²) in [5.41, 5.74) is 2.18. The van der Waals surface area contributed by atoms with Gasteiger partial charge in [0, 0.05) is 0 Å². The van der Waals surface area contributed by atoms with Crippen molar-refractivity contribution in [1.82, 2.24) is 5.32 Å². The average Bonchev–Trinajstić information content (AvgIpc) is 2.19. The quantitative estimate of drug-likeness (QED) is 0.794. The molecule has 16 heavy (non-hydrogen) atoms.